The number of alkyl halides is 1. The lowest BCUT2D eigenvalue weighted by molar-refractivity contribution is 0.573. The van der Waals surface area contributed by atoms with Crippen LogP contribution in [0.5, 0.6) is 0 Å². The van der Waals surface area contributed by atoms with E-state index >= 15 is 0 Å². The van der Waals surface area contributed by atoms with Crippen LogP contribution in [0.1, 0.15) is 52.4 Å². The summed E-state index contributed by atoms with van der Waals surface area (Å²) in [5.74, 6) is 0. The van der Waals surface area contributed by atoms with Crippen molar-refractivity contribution >= 4 is 15.9 Å². The Labute approximate surface area is 85.4 Å². The van der Waals surface area contributed by atoms with Gasteiger partial charge in [0, 0.05) is 0 Å². The van der Waals surface area contributed by atoms with Crippen molar-refractivity contribution < 1.29 is 0 Å². The zero-order chi connectivity index (χ0) is 9.23. The summed E-state index contributed by atoms with van der Waals surface area (Å²) < 4.78 is 0. The second kappa shape index (κ2) is 9.53. The Morgan fingerprint density at radius 3 is 2.25 bits per heavy atom. The van der Waals surface area contributed by atoms with E-state index in [1.165, 1.54) is 38.5 Å². The Bertz CT molecular complexity index is 83.9. The Morgan fingerprint density at radius 1 is 1.08 bits per heavy atom. The molecule has 0 rings (SSSR count). The molecule has 0 saturated carbocycles. The molecule has 1 N–H and O–H groups in total. The minimum atomic E-state index is 0.466. The molecule has 0 aromatic carbocycles. The highest BCUT2D eigenvalue weighted by molar-refractivity contribution is 9.09. The summed E-state index contributed by atoms with van der Waals surface area (Å²) in [5, 5.41) is 3.35. The van der Waals surface area contributed by atoms with Crippen LogP contribution in [-0.4, -0.2) is 11.5 Å². The molecular formula is C10H22BrN. The third kappa shape index (κ3) is 10.4. The molecule has 0 aliphatic heterocycles. The minimum Gasteiger partial charge on any atom is -0.305 e. The van der Waals surface area contributed by atoms with Gasteiger partial charge >= 0.3 is 0 Å². The Kier molecular flexibility index (Phi) is 9.88. The first kappa shape index (κ1) is 12.4. The number of hydrogen-bond acceptors (Lipinski definition) is 1. The summed E-state index contributed by atoms with van der Waals surface area (Å²) in [4.78, 5) is 0.466. The van der Waals surface area contributed by atoms with Crippen LogP contribution in [0.3, 0.4) is 0 Å². The maximum atomic E-state index is 3.46. The van der Waals surface area contributed by atoms with E-state index in [-0.39, 0.29) is 0 Å². The van der Waals surface area contributed by atoms with Gasteiger partial charge < -0.3 is 5.32 Å². The molecule has 0 saturated heterocycles. The first-order chi connectivity index (χ1) is 5.77. The van der Waals surface area contributed by atoms with E-state index in [1.807, 2.05) is 0 Å². The molecule has 12 heavy (non-hydrogen) atoms. The Hall–Kier alpha value is 0.440. The molecule has 1 atom stereocenters. The summed E-state index contributed by atoms with van der Waals surface area (Å²) >= 11 is 3.46. The second-order valence-corrected chi connectivity index (χ2v) is 4.71. The van der Waals surface area contributed by atoms with Crippen molar-refractivity contribution in [3.05, 3.63) is 0 Å². The van der Waals surface area contributed by atoms with Crippen molar-refractivity contribution in [1.29, 1.82) is 0 Å². The molecule has 0 heterocycles. The monoisotopic (exact) mass is 235 g/mol. The molecule has 74 valence electrons. The minimum absolute atomic E-state index is 0.466. The number of halogens is 1. The molecule has 0 aromatic heterocycles. The van der Waals surface area contributed by atoms with Gasteiger partial charge in [0.1, 0.15) is 0 Å². The molecule has 0 bridgehead atoms. The maximum Gasteiger partial charge on any atom is 0.0602 e. The standard InChI is InChI=1S/C10H22BrN/c1-3-4-5-6-7-8-9-12-10(2)11/h10,12H,3-9H2,1-2H3. The van der Waals surface area contributed by atoms with Crippen molar-refractivity contribution in [3.63, 3.8) is 0 Å². The number of hydrogen-bond donors (Lipinski definition) is 1. The molecule has 0 spiro atoms. The predicted octanol–water partition coefficient (Wildman–Crippen LogP) is 3.68. The van der Waals surface area contributed by atoms with Crippen LogP contribution in [-0.2, 0) is 0 Å². The van der Waals surface area contributed by atoms with E-state index in [0.29, 0.717) is 4.95 Å². The third-order valence-corrected chi connectivity index (χ3v) is 2.28. The van der Waals surface area contributed by atoms with E-state index in [9.17, 15) is 0 Å². The summed E-state index contributed by atoms with van der Waals surface area (Å²) in [7, 11) is 0. The average molecular weight is 236 g/mol. The van der Waals surface area contributed by atoms with Crippen LogP contribution in [0, 0.1) is 0 Å². The van der Waals surface area contributed by atoms with Crippen LogP contribution in [0.2, 0.25) is 0 Å². The molecule has 0 aliphatic rings. The lowest BCUT2D eigenvalue weighted by Crippen LogP contribution is -2.20. The van der Waals surface area contributed by atoms with E-state index in [4.69, 9.17) is 0 Å². The fourth-order valence-corrected chi connectivity index (χ4v) is 1.44. The van der Waals surface area contributed by atoms with E-state index in [0.717, 1.165) is 6.54 Å². The quantitative estimate of drug-likeness (QED) is 0.385. The molecule has 0 radical (unpaired) electrons. The van der Waals surface area contributed by atoms with Crippen LogP contribution in [0.4, 0.5) is 0 Å². The molecule has 0 fully saturated rings. The molecule has 0 aliphatic carbocycles. The maximum absolute atomic E-state index is 3.46. The smallest absolute Gasteiger partial charge is 0.0602 e. The molecule has 1 unspecified atom stereocenters. The first-order valence-electron chi connectivity index (χ1n) is 5.14. The third-order valence-electron chi connectivity index (χ3n) is 1.96. The van der Waals surface area contributed by atoms with Crippen molar-refractivity contribution in [3.8, 4) is 0 Å². The number of nitrogens with one attached hydrogen (secondary N) is 1. The van der Waals surface area contributed by atoms with Crippen molar-refractivity contribution in [1.82, 2.24) is 5.32 Å². The van der Waals surface area contributed by atoms with Crippen LogP contribution in [0.25, 0.3) is 0 Å². The average Bonchev–Trinajstić information content (AvgIpc) is 2.02. The van der Waals surface area contributed by atoms with E-state index in [2.05, 4.69) is 35.1 Å². The summed E-state index contributed by atoms with van der Waals surface area (Å²) in [6, 6.07) is 0. The normalized spacial score (nSPS) is 13.2. The van der Waals surface area contributed by atoms with Gasteiger partial charge in [0.25, 0.3) is 0 Å². The van der Waals surface area contributed by atoms with Gasteiger partial charge in [-0.05, 0) is 19.9 Å². The second-order valence-electron chi connectivity index (χ2n) is 3.34. The van der Waals surface area contributed by atoms with Gasteiger partial charge in [-0.3, -0.25) is 0 Å². The molecular weight excluding hydrogens is 214 g/mol. The largest absolute Gasteiger partial charge is 0.305 e. The van der Waals surface area contributed by atoms with Crippen molar-refractivity contribution in [2.45, 2.75) is 57.3 Å². The van der Waals surface area contributed by atoms with Crippen LogP contribution >= 0.6 is 15.9 Å². The number of rotatable bonds is 8. The van der Waals surface area contributed by atoms with Gasteiger partial charge in [-0.2, -0.15) is 0 Å². The van der Waals surface area contributed by atoms with Crippen LogP contribution in [0.15, 0.2) is 0 Å². The van der Waals surface area contributed by atoms with Crippen LogP contribution < -0.4 is 5.32 Å². The lowest BCUT2D eigenvalue weighted by atomic mass is 10.1. The SMILES string of the molecule is CCCCCCCCNC(C)Br. The highest BCUT2D eigenvalue weighted by atomic mass is 79.9. The summed E-state index contributed by atoms with van der Waals surface area (Å²) in [5.41, 5.74) is 0. The molecule has 0 amide bonds. The van der Waals surface area contributed by atoms with Gasteiger partial charge in [0.2, 0.25) is 0 Å². The highest BCUT2D eigenvalue weighted by Gasteiger charge is 1.93. The van der Waals surface area contributed by atoms with Gasteiger partial charge in [0.05, 0.1) is 4.95 Å². The zero-order valence-electron chi connectivity index (χ0n) is 8.41. The lowest BCUT2D eigenvalue weighted by Gasteiger charge is -2.05. The zero-order valence-corrected chi connectivity index (χ0v) is 9.99. The Morgan fingerprint density at radius 2 is 1.67 bits per heavy atom. The Balaban J connectivity index is 2.82. The van der Waals surface area contributed by atoms with E-state index in [1.54, 1.807) is 0 Å². The van der Waals surface area contributed by atoms with Gasteiger partial charge in [-0.1, -0.05) is 55.0 Å². The highest BCUT2D eigenvalue weighted by Crippen LogP contribution is 2.04. The molecule has 1 nitrogen and oxygen atoms in total. The molecule has 0 aromatic rings. The predicted molar refractivity (Wildman–Crippen MR) is 59.8 cm³/mol. The molecule has 2 heteroatoms. The van der Waals surface area contributed by atoms with E-state index < -0.39 is 0 Å². The summed E-state index contributed by atoms with van der Waals surface area (Å²) in [6.45, 7) is 5.53. The topological polar surface area (TPSA) is 12.0 Å². The fourth-order valence-electron chi connectivity index (χ4n) is 1.21. The number of unbranched alkanes of at least 4 members (excludes halogenated alkanes) is 5. The first-order valence-corrected chi connectivity index (χ1v) is 6.06. The van der Waals surface area contributed by atoms with Gasteiger partial charge in [-0.15, -0.1) is 0 Å². The van der Waals surface area contributed by atoms with Gasteiger partial charge in [0.15, 0.2) is 0 Å². The van der Waals surface area contributed by atoms with Crippen molar-refractivity contribution in [2.24, 2.45) is 0 Å². The van der Waals surface area contributed by atoms with Gasteiger partial charge in [-0.25, -0.2) is 0 Å². The fraction of sp³-hybridized carbons (Fsp3) is 1.00. The van der Waals surface area contributed by atoms with Crippen molar-refractivity contribution in [2.75, 3.05) is 6.54 Å². The summed E-state index contributed by atoms with van der Waals surface area (Å²) in [6.07, 6.45) is 8.28.